The van der Waals surface area contributed by atoms with Crippen LogP contribution in [0.1, 0.15) is 30.1 Å². The van der Waals surface area contributed by atoms with Gasteiger partial charge in [-0.1, -0.05) is 0 Å². The van der Waals surface area contributed by atoms with E-state index in [4.69, 9.17) is 9.47 Å². The van der Waals surface area contributed by atoms with E-state index in [1.165, 1.54) is 24.3 Å². The highest BCUT2D eigenvalue weighted by Gasteiger charge is 2.05. The molecule has 0 radical (unpaired) electrons. The summed E-state index contributed by atoms with van der Waals surface area (Å²) in [7, 11) is 0. The summed E-state index contributed by atoms with van der Waals surface area (Å²) >= 11 is 0. The van der Waals surface area contributed by atoms with Crippen LogP contribution in [0.25, 0.3) is 0 Å². The number of benzene rings is 1. The number of Topliss-reactive ketones (excluding diaryl/α,β-unsaturated/α-hetero) is 1. The average molecular weight is 254 g/mol. The monoisotopic (exact) mass is 254 g/mol. The lowest BCUT2D eigenvalue weighted by atomic mass is 10.1. The second kappa shape index (κ2) is 8.78. The summed E-state index contributed by atoms with van der Waals surface area (Å²) < 4.78 is 23.1. The smallest absolute Gasteiger partial charge is 0.162 e. The van der Waals surface area contributed by atoms with Crippen LogP contribution in [0.15, 0.2) is 24.3 Å². The highest BCUT2D eigenvalue weighted by atomic mass is 19.1. The fourth-order valence-electron chi connectivity index (χ4n) is 1.48. The van der Waals surface area contributed by atoms with Crippen molar-refractivity contribution in [2.45, 2.75) is 19.8 Å². The van der Waals surface area contributed by atoms with Crippen LogP contribution in [0.3, 0.4) is 0 Å². The number of ether oxygens (including phenoxy) is 2. The first-order chi connectivity index (χ1) is 8.74. The van der Waals surface area contributed by atoms with Crippen molar-refractivity contribution in [3.05, 3.63) is 35.6 Å². The van der Waals surface area contributed by atoms with Crippen LogP contribution in [0.5, 0.6) is 0 Å². The van der Waals surface area contributed by atoms with Gasteiger partial charge >= 0.3 is 0 Å². The van der Waals surface area contributed by atoms with E-state index in [1.54, 1.807) is 0 Å². The molecule has 100 valence electrons. The van der Waals surface area contributed by atoms with Gasteiger partial charge in [-0.25, -0.2) is 4.39 Å². The Hall–Kier alpha value is -1.26. The first kappa shape index (κ1) is 14.8. The van der Waals surface area contributed by atoms with Gasteiger partial charge in [-0.05, 0) is 37.6 Å². The molecule has 1 rings (SSSR count). The molecule has 0 aliphatic heterocycles. The SMILES string of the molecule is CCOCCOCCCC(=O)c1ccc(F)cc1. The quantitative estimate of drug-likeness (QED) is 0.502. The van der Waals surface area contributed by atoms with Gasteiger partial charge in [0.2, 0.25) is 0 Å². The maximum atomic E-state index is 12.7. The zero-order valence-corrected chi connectivity index (χ0v) is 10.7. The normalized spacial score (nSPS) is 10.6. The minimum atomic E-state index is -0.328. The predicted octanol–water partition coefficient (Wildman–Crippen LogP) is 2.84. The van der Waals surface area contributed by atoms with Crippen molar-refractivity contribution < 1.29 is 18.7 Å². The Kier molecular flexibility index (Phi) is 7.22. The summed E-state index contributed by atoms with van der Waals surface area (Å²) in [5.41, 5.74) is 0.547. The third kappa shape index (κ3) is 5.89. The van der Waals surface area contributed by atoms with E-state index in [1.807, 2.05) is 6.92 Å². The predicted molar refractivity (Wildman–Crippen MR) is 67.3 cm³/mol. The average Bonchev–Trinajstić information content (AvgIpc) is 2.38. The highest BCUT2D eigenvalue weighted by Crippen LogP contribution is 2.07. The van der Waals surface area contributed by atoms with E-state index in [9.17, 15) is 9.18 Å². The topological polar surface area (TPSA) is 35.5 Å². The van der Waals surface area contributed by atoms with Gasteiger partial charge in [-0.2, -0.15) is 0 Å². The summed E-state index contributed by atoms with van der Waals surface area (Å²) in [6.45, 7) is 4.30. The third-order valence-corrected chi connectivity index (χ3v) is 2.43. The first-order valence-electron chi connectivity index (χ1n) is 6.18. The molecule has 1 aromatic carbocycles. The molecule has 0 heterocycles. The van der Waals surface area contributed by atoms with Gasteiger partial charge in [0, 0.05) is 25.2 Å². The van der Waals surface area contributed by atoms with E-state index in [2.05, 4.69) is 0 Å². The molecular formula is C14H19FO3. The number of rotatable bonds is 9. The molecule has 1 aromatic rings. The molecule has 0 bridgehead atoms. The zero-order valence-electron chi connectivity index (χ0n) is 10.7. The Morgan fingerprint density at radius 2 is 1.78 bits per heavy atom. The molecule has 0 amide bonds. The van der Waals surface area contributed by atoms with Gasteiger partial charge in [-0.3, -0.25) is 4.79 Å². The van der Waals surface area contributed by atoms with Crippen molar-refractivity contribution in [1.29, 1.82) is 0 Å². The van der Waals surface area contributed by atoms with Crippen LogP contribution in [0.4, 0.5) is 4.39 Å². The largest absolute Gasteiger partial charge is 0.379 e. The van der Waals surface area contributed by atoms with Gasteiger partial charge in [-0.15, -0.1) is 0 Å². The molecule has 0 unspecified atom stereocenters. The van der Waals surface area contributed by atoms with Gasteiger partial charge < -0.3 is 9.47 Å². The molecule has 0 N–H and O–H groups in total. The van der Waals surface area contributed by atoms with Crippen molar-refractivity contribution >= 4 is 5.78 Å². The molecule has 0 fully saturated rings. The number of hydrogen-bond donors (Lipinski definition) is 0. The molecule has 0 saturated heterocycles. The first-order valence-corrected chi connectivity index (χ1v) is 6.18. The molecule has 0 aromatic heterocycles. The van der Waals surface area contributed by atoms with Crippen molar-refractivity contribution in [3.8, 4) is 0 Å². The molecule has 18 heavy (non-hydrogen) atoms. The van der Waals surface area contributed by atoms with Crippen LogP contribution >= 0.6 is 0 Å². The number of halogens is 1. The maximum absolute atomic E-state index is 12.7. The number of carbonyl (C=O) groups is 1. The van der Waals surface area contributed by atoms with E-state index < -0.39 is 0 Å². The van der Waals surface area contributed by atoms with Gasteiger partial charge in [0.05, 0.1) is 13.2 Å². The highest BCUT2D eigenvalue weighted by molar-refractivity contribution is 5.95. The summed E-state index contributed by atoms with van der Waals surface area (Å²) in [6, 6.07) is 5.61. The Bertz CT molecular complexity index is 349. The van der Waals surface area contributed by atoms with E-state index >= 15 is 0 Å². The summed E-state index contributed by atoms with van der Waals surface area (Å²) in [4.78, 5) is 11.7. The maximum Gasteiger partial charge on any atom is 0.162 e. The molecular weight excluding hydrogens is 235 g/mol. The van der Waals surface area contributed by atoms with E-state index in [-0.39, 0.29) is 11.6 Å². The van der Waals surface area contributed by atoms with Crippen molar-refractivity contribution in [1.82, 2.24) is 0 Å². The van der Waals surface area contributed by atoms with Crippen LogP contribution in [0.2, 0.25) is 0 Å². The standard InChI is InChI=1S/C14H19FO3/c1-2-17-10-11-18-9-3-4-14(16)12-5-7-13(15)8-6-12/h5-8H,2-4,9-11H2,1H3. The number of hydrogen-bond acceptors (Lipinski definition) is 3. The van der Waals surface area contributed by atoms with Crippen molar-refractivity contribution in [3.63, 3.8) is 0 Å². The lowest BCUT2D eigenvalue weighted by Crippen LogP contribution is -2.06. The molecule has 0 atom stereocenters. The number of ketones is 1. The summed E-state index contributed by atoms with van der Waals surface area (Å²) in [5.74, 6) is -0.311. The molecule has 0 spiro atoms. The second-order valence-electron chi connectivity index (χ2n) is 3.84. The lowest BCUT2D eigenvalue weighted by molar-refractivity contribution is 0.0509. The summed E-state index contributed by atoms with van der Waals surface area (Å²) in [5, 5.41) is 0. The minimum absolute atomic E-state index is 0.0170. The third-order valence-electron chi connectivity index (χ3n) is 2.43. The van der Waals surface area contributed by atoms with Gasteiger partial charge in [0.25, 0.3) is 0 Å². The summed E-state index contributed by atoms with van der Waals surface area (Å²) in [6.07, 6.45) is 1.09. The lowest BCUT2D eigenvalue weighted by Gasteiger charge is -2.04. The van der Waals surface area contributed by atoms with E-state index in [0.717, 1.165) is 0 Å². The fourth-order valence-corrected chi connectivity index (χ4v) is 1.48. The molecule has 0 aliphatic rings. The Balaban J connectivity index is 2.12. The number of carbonyl (C=O) groups excluding carboxylic acids is 1. The van der Waals surface area contributed by atoms with Crippen LogP contribution in [-0.2, 0) is 9.47 Å². The molecule has 3 nitrogen and oxygen atoms in total. The molecule has 4 heteroatoms. The fraction of sp³-hybridized carbons (Fsp3) is 0.500. The van der Waals surface area contributed by atoms with E-state index in [0.29, 0.717) is 44.8 Å². The Morgan fingerprint density at radius 1 is 1.11 bits per heavy atom. The van der Waals surface area contributed by atoms with Crippen molar-refractivity contribution in [2.24, 2.45) is 0 Å². The van der Waals surface area contributed by atoms with Crippen LogP contribution in [-0.4, -0.2) is 32.2 Å². The Morgan fingerprint density at radius 3 is 2.44 bits per heavy atom. The Labute approximate surface area is 107 Å². The van der Waals surface area contributed by atoms with Crippen LogP contribution in [0, 0.1) is 5.82 Å². The van der Waals surface area contributed by atoms with Gasteiger partial charge in [0.1, 0.15) is 5.82 Å². The molecule has 0 aliphatic carbocycles. The van der Waals surface area contributed by atoms with Crippen LogP contribution < -0.4 is 0 Å². The second-order valence-corrected chi connectivity index (χ2v) is 3.84. The minimum Gasteiger partial charge on any atom is -0.379 e. The van der Waals surface area contributed by atoms with Gasteiger partial charge in [0.15, 0.2) is 5.78 Å². The zero-order chi connectivity index (χ0) is 13.2. The molecule has 0 saturated carbocycles. The van der Waals surface area contributed by atoms with Crippen molar-refractivity contribution in [2.75, 3.05) is 26.4 Å².